The van der Waals surface area contributed by atoms with Gasteiger partial charge in [0.05, 0.1) is 16.4 Å². The third-order valence-corrected chi connectivity index (χ3v) is 6.37. The second-order valence-corrected chi connectivity index (χ2v) is 9.74. The molecule has 0 aliphatic carbocycles. The average molecular weight is 482 g/mol. The molecule has 10 heteroatoms. The molecule has 1 aromatic heterocycles. The van der Waals surface area contributed by atoms with E-state index in [1.165, 1.54) is 42.5 Å². The van der Waals surface area contributed by atoms with Gasteiger partial charge in [0.2, 0.25) is 5.91 Å². The van der Waals surface area contributed by atoms with Crippen LogP contribution in [0.25, 0.3) is 11.1 Å². The number of benzene rings is 3. The van der Waals surface area contributed by atoms with Gasteiger partial charge in [0.15, 0.2) is 15.4 Å². The van der Waals surface area contributed by atoms with E-state index in [9.17, 15) is 22.4 Å². The molecule has 0 bridgehead atoms. The fraction of sp³-hybridized carbons (Fsp3) is 0.125. The quantitative estimate of drug-likeness (QED) is 0.407. The van der Waals surface area contributed by atoms with Gasteiger partial charge >= 0.3 is 12.0 Å². The molecule has 2 N–H and O–H groups in total. The van der Waals surface area contributed by atoms with Gasteiger partial charge in [0, 0.05) is 6.26 Å². The number of carbonyl (C=O) groups excluding carboxylic acids is 1. The minimum absolute atomic E-state index is 0.0154. The van der Waals surface area contributed by atoms with Crippen LogP contribution in [-0.2, 0) is 21.1 Å². The first-order valence-corrected chi connectivity index (χ1v) is 12.0. The number of hydrogen-bond acceptors (Lipinski definition) is 6. The lowest BCUT2D eigenvalue weighted by atomic mass is 9.91. The smallest absolute Gasteiger partial charge is 0.335 e. The molecule has 0 aliphatic rings. The van der Waals surface area contributed by atoms with Crippen LogP contribution in [0.5, 0.6) is 0 Å². The van der Waals surface area contributed by atoms with E-state index in [1.54, 1.807) is 24.3 Å². The molecule has 1 unspecified atom stereocenters. The highest BCUT2D eigenvalue weighted by Gasteiger charge is 2.24. The maximum Gasteiger partial charge on any atom is 0.335 e. The average Bonchev–Trinajstić information content (AvgIpc) is 3.19. The van der Waals surface area contributed by atoms with E-state index in [4.69, 9.17) is 9.52 Å². The molecule has 0 fully saturated rings. The Morgan fingerprint density at radius 3 is 2.35 bits per heavy atom. The van der Waals surface area contributed by atoms with Gasteiger partial charge in [-0.15, -0.1) is 0 Å². The Labute approximate surface area is 194 Å². The number of fused-ring (bicyclic) bond motifs is 1. The molecule has 0 aliphatic heterocycles. The number of carboxylic acids is 1. The molecule has 0 saturated carbocycles. The zero-order chi connectivity index (χ0) is 24.5. The van der Waals surface area contributed by atoms with Crippen molar-refractivity contribution in [2.45, 2.75) is 17.2 Å². The maximum atomic E-state index is 13.3. The fourth-order valence-corrected chi connectivity index (χ4v) is 4.10. The van der Waals surface area contributed by atoms with E-state index in [1.807, 2.05) is 0 Å². The fourth-order valence-electron chi connectivity index (χ4n) is 3.47. The number of amides is 1. The van der Waals surface area contributed by atoms with Gasteiger partial charge < -0.3 is 9.52 Å². The lowest BCUT2D eigenvalue weighted by Gasteiger charge is -2.17. The summed E-state index contributed by atoms with van der Waals surface area (Å²) in [7, 11) is -3.41. The van der Waals surface area contributed by atoms with Gasteiger partial charge in [-0.2, -0.15) is 4.98 Å². The lowest BCUT2D eigenvalue weighted by Crippen LogP contribution is -2.23. The van der Waals surface area contributed by atoms with Crippen molar-refractivity contribution in [3.05, 3.63) is 89.2 Å². The Morgan fingerprint density at radius 2 is 1.74 bits per heavy atom. The van der Waals surface area contributed by atoms with Gasteiger partial charge in [-0.25, -0.2) is 17.6 Å². The molecule has 1 amide bonds. The van der Waals surface area contributed by atoms with E-state index >= 15 is 0 Å². The van der Waals surface area contributed by atoms with Crippen molar-refractivity contribution in [3.8, 4) is 0 Å². The summed E-state index contributed by atoms with van der Waals surface area (Å²) >= 11 is 0. The van der Waals surface area contributed by atoms with E-state index in [0.29, 0.717) is 16.6 Å². The monoisotopic (exact) mass is 482 g/mol. The SMILES string of the molecule is CS(=O)(=O)c1ccc(C(Cc2ccc(F)cc2)C(=O)Nc2nc3ccc(C(=O)O)cc3o2)cc1. The van der Waals surface area contributed by atoms with Crippen molar-refractivity contribution in [1.82, 2.24) is 4.98 Å². The van der Waals surface area contributed by atoms with Crippen molar-refractivity contribution in [2.75, 3.05) is 11.6 Å². The van der Waals surface area contributed by atoms with E-state index in [-0.39, 0.29) is 28.5 Å². The summed E-state index contributed by atoms with van der Waals surface area (Å²) in [5.41, 5.74) is 1.81. The van der Waals surface area contributed by atoms with Crippen LogP contribution in [0.4, 0.5) is 10.4 Å². The topological polar surface area (TPSA) is 127 Å². The van der Waals surface area contributed by atoms with E-state index in [2.05, 4.69) is 10.3 Å². The Hall–Kier alpha value is -4.05. The van der Waals surface area contributed by atoms with Crippen LogP contribution in [0.2, 0.25) is 0 Å². The van der Waals surface area contributed by atoms with Gasteiger partial charge in [0.1, 0.15) is 11.3 Å². The molecule has 0 spiro atoms. The number of rotatable bonds is 7. The van der Waals surface area contributed by atoms with Gasteiger partial charge in [-0.1, -0.05) is 24.3 Å². The van der Waals surface area contributed by atoms with E-state index in [0.717, 1.165) is 6.26 Å². The molecule has 1 heterocycles. The highest BCUT2D eigenvalue weighted by Crippen LogP contribution is 2.26. The van der Waals surface area contributed by atoms with Crippen LogP contribution in [0, 0.1) is 5.82 Å². The minimum Gasteiger partial charge on any atom is -0.478 e. The molecule has 8 nitrogen and oxygen atoms in total. The molecule has 4 rings (SSSR count). The first-order chi connectivity index (χ1) is 16.1. The molecule has 0 radical (unpaired) electrons. The van der Waals surface area contributed by atoms with Crippen LogP contribution in [-0.4, -0.2) is 36.6 Å². The molecular weight excluding hydrogens is 463 g/mol. The Kier molecular flexibility index (Phi) is 6.16. The van der Waals surface area contributed by atoms with Gasteiger partial charge in [0.25, 0.3) is 0 Å². The summed E-state index contributed by atoms with van der Waals surface area (Å²) in [4.78, 5) is 28.7. The minimum atomic E-state index is -3.41. The van der Waals surface area contributed by atoms with Crippen molar-refractivity contribution in [3.63, 3.8) is 0 Å². The van der Waals surface area contributed by atoms with Gasteiger partial charge in [-0.05, 0) is 60.0 Å². The summed E-state index contributed by atoms with van der Waals surface area (Å²) in [6.45, 7) is 0. The van der Waals surface area contributed by atoms with Crippen molar-refractivity contribution in [1.29, 1.82) is 0 Å². The van der Waals surface area contributed by atoms with Crippen LogP contribution < -0.4 is 5.32 Å². The summed E-state index contributed by atoms with van der Waals surface area (Å²) in [5, 5.41) is 11.7. The van der Waals surface area contributed by atoms with Crippen LogP contribution in [0.1, 0.15) is 27.4 Å². The number of aromatic carboxylic acids is 1. The van der Waals surface area contributed by atoms with E-state index < -0.39 is 33.4 Å². The van der Waals surface area contributed by atoms with Crippen molar-refractivity contribution in [2.24, 2.45) is 0 Å². The van der Waals surface area contributed by atoms with Gasteiger partial charge in [-0.3, -0.25) is 10.1 Å². The largest absolute Gasteiger partial charge is 0.478 e. The number of nitrogens with zero attached hydrogens (tertiary/aromatic N) is 1. The number of carbonyl (C=O) groups is 2. The number of oxazole rings is 1. The molecule has 3 aromatic carbocycles. The molecule has 34 heavy (non-hydrogen) atoms. The zero-order valence-corrected chi connectivity index (χ0v) is 18.7. The number of hydrogen-bond donors (Lipinski definition) is 2. The molecule has 1 atom stereocenters. The third-order valence-electron chi connectivity index (χ3n) is 5.25. The molecule has 0 saturated heterocycles. The Morgan fingerprint density at radius 1 is 1.06 bits per heavy atom. The summed E-state index contributed by atoms with van der Waals surface area (Å²) < 4.78 is 42.4. The van der Waals surface area contributed by atoms with Crippen LogP contribution >= 0.6 is 0 Å². The first kappa shape index (κ1) is 23.1. The zero-order valence-electron chi connectivity index (χ0n) is 17.9. The second-order valence-electron chi connectivity index (χ2n) is 7.72. The lowest BCUT2D eigenvalue weighted by molar-refractivity contribution is -0.117. The summed E-state index contributed by atoms with van der Waals surface area (Å²) in [5.74, 6) is -2.79. The number of nitrogens with one attached hydrogen (secondary N) is 1. The van der Waals surface area contributed by atoms with Crippen LogP contribution in [0.3, 0.4) is 0 Å². The van der Waals surface area contributed by atoms with Crippen LogP contribution in [0.15, 0.2) is 76.0 Å². The first-order valence-electron chi connectivity index (χ1n) is 10.1. The standard InChI is InChI=1S/C24H19FN2O6S/c1-34(31,32)18-9-4-15(5-10-18)19(12-14-2-7-17(25)8-3-14)22(28)27-24-26-20-11-6-16(23(29)30)13-21(20)33-24/h2-11,13,19H,12H2,1H3,(H,29,30)(H,26,27,28). The van der Waals surface area contributed by atoms with Crippen molar-refractivity contribution >= 4 is 38.8 Å². The second kappa shape index (κ2) is 9.06. The highest BCUT2D eigenvalue weighted by molar-refractivity contribution is 7.90. The number of carboxylic acid groups (broad SMARTS) is 1. The predicted octanol–water partition coefficient (Wildman–Crippen LogP) is 4.03. The number of halogens is 1. The summed E-state index contributed by atoms with van der Waals surface area (Å²) in [6.07, 6.45) is 1.29. The molecular formula is C24H19FN2O6S. The van der Waals surface area contributed by atoms with Crippen molar-refractivity contribution < 1.29 is 31.9 Å². The highest BCUT2D eigenvalue weighted by atomic mass is 32.2. The normalized spacial score (nSPS) is 12.4. The number of aromatic nitrogens is 1. The maximum absolute atomic E-state index is 13.3. The number of sulfone groups is 1. The Balaban J connectivity index is 1.64. The molecule has 174 valence electrons. The Bertz CT molecular complexity index is 1480. The predicted molar refractivity (Wildman–Crippen MR) is 122 cm³/mol. The summed E-state index contributed by atoms with van der Waals surface area (Å²) in [6, 6.07) is 15.7. The molecule has 4 aromatic rings. The third kappa shape index (κ3) is 5.12. The number of anilines is 1.